The first kappa shape index (κ1) is 40.8. The zero-order valence-electron chi connectivity index (χ0n) is 32.2. The van der Waals surface area contributed by atoms with Crippen LogP contribution in [0.25, 0.3) is 0 Å². The molecule has 4 aromatic carbocycles. The topological polar surface area (TPSA) is 119 Å². The van der Waals surface area contributed by atoms with Crippen molar-refractivity contribution in [3.05, 3.63) is 122 Å². The van der Waals surface area contributed by atoms with E-state index in [-0.39, 0.29) is 44.5 Å². The second kappa shape index (κ2) is 18.2. The average molecular weight is 716 g/mol. The van der Waals surface area contributed by atoms with E-state index in [2.05, 4.69) is 51.1 Å². The maximum Gasteiger partial charge on any atom is 0.126 e. The van der Waals surface area contributed by atoms with Crippen LogP contribution >= 0.6 is 0 Å². The molecule has 0 saturated heterocycles. The zero-order valence-corrected chi connectivity index (χ0v) is 32.2. The van der Waals surface area contributed by atoms with Crippen LogP contribution in [-0.4, -0.2) is 52.9 Å². The molecule has 0 fully saturated rings. The molecule has 282 valence electrons. The summed E-state index contributed by atoms with van der Waals surface area (Å²) in [4.78, 5) is 0. The van der Waals surface area contributed by atoms with E-state index in [0.29, 0.717) is 40.0 Å². The van der Waals surface area contributed by atoms with Gasteiger partial charge in [0, 0.05) is 74.2 Å². The fourth-order valence-corrected chi connectivity index (χ4v) is 7.59. The van der Waals surface area contributed by atoms with Gasteiger partial charge in [0.1, 0.15) is 17.2 Å². The highest BCUT2D eigenvalue weighted by atomic mass is 16.5. The summed E-state index contributed by atoms with van der Waals surface area (Å²) < 4.78 is 33.3. The lowest BCUT2D eigenvalue weighted by atomic mass is 9.65. The number of hydrogen-bond donors (Lipinski definition) is 2. The van der Waals surface area contributed by atoms with E-state index >= 15 is 0 Å². The number of phenolic OH excluding ortho intramolecular Hbond substituents is 2. The van der Waals surface area contributed by atoms with Gasteiger partial charge < -0.3 is 43.7 Å². The summed E-state index contributed by atoms with van der Waals surface area (Å²) in [6.07, 6.45) is 1.41. The van der Waals surface area contributed by atoms with Crippen LogP contribution in [0.2, 0.25) is 0 Å². The molecule has 0 bridgehead atoms. The van der Waals surface area contributed by atoms with Gasteiger partial charge in [-0.1, -0.05) is 51.1 Å². The lowest BCUT2D eigenvalue weighted by Crippen LogP contribution is -2.30. The van der Waals surface area contributed by atoms with Crippen LogP contribution in [0.4, 0.5) is 0 Å². The van der Waals surface area contributed by atoms with E-state index in [0.717, 1.165) is 39.8 Å². The van der Waals surface area contributed by atoms with Crippen LogP contribution in [-0.2, 0) is 74.2 Å². The molecule has 0 aliphatic heterocycles. The number of benzene rings is 4. The van der Waals surface area contributed by atoms with Gasteiger partial charge in [-0.05, 0) is 76.6 Å². The number of rotatable bonds is 19. The highest BCUT2D eigenvalue weighted by Crippen LogP contribution is 2.47. The second-order valence-electron chi connectivity index (χ2n) is 13.4. The van der Waals surface area contributed by atoms with E-state index in [1.165, 1.54) is 0 Å². The predicted octanol–water partition coefficient (Wildman–Crippen LogP) is 7.16. The molecule has 9 heteroatoms. The molecule has 0 saturated carbocycles. The molecule has 2 N–H and O–H groups in total. The van der Waals surface area contributed by atoms with Crippen molar-refractivity contribution in [2.24, 2.45) is 0 Å². The Balaban J connectivity index is 2.04. The van der Waals surface area contributed by atoms with Crippen LogP contribution < -0.4 is 9.84 Å². The number of aromatic hydroxyl groups is 2. The molecule has 2 atom stereocenters. The summed E-state index contributed by atoms with van der Waals surface area (Å²) in [5.74, 6) is 0.851. The van der Waals surface area contributed by atoms with Gasteiger partial charge in [-0.25, -0.2) is 0 Å². The van der Waals surface area contributed by atoms with Crippen LogP contribution in [0.3, 0.4) is 0 Å². The highest BCUT2D eigenvalue weighted by molar-refractivity contribution is 5.59. The molecule has 4 rings (SSSR count). The largest absolute Gasteiger partial charge is 0.851 e. The Kier molecular flexibility index (Phi) is 14.3. The lowest BCUT2D eigenvalue weighted by molar-refractivity contribution is -0.386. The fraction of sp³-hybridized carbons (Fsp3) is 0.442. The molecular formula is C43H55O9-. The summed E-state index contributed by atoms with van der Waals surface area (Å²) in [5, 5.41) is 34.9. The van der Waals surface area contributed by atoms with E-state index in [1.54, 1.807) is 42.7 Å². The molecule has 52 heavy (non-hydrogen) atoms. The third kappa shape index (κ3) is 7.86. The summed E-state index contributed by atoms with van der Waals surface area (Å²) >= 11 is 0. The van der Waals surface area contributed by atoms with Gasteiger partial charge in [0.15, 0.2) is 0 Å². The monoisotopic (exact) mass is 715 g/mol. The first-order chi connectivity index (χ1) is 25.1. The summed E-state index contributed by atoms with van der Waals surface area (Å²) in [5.41, 5.74) is 7.82. The molecule has 0 aromatic heterocycles. The van der Waals surface area contributed by atoms with Gasteiger partial charge in [0.2, 0.25) is 0 Å². The molecule has 4 aromatic rings. The average Bonchev–Trinajstić information content (AvgIpc) is 3.15. The van der Waals surface area contributed by atoms with E-state index in [4.69, 9.17) is 28.4 Å². The third-order valence-corrected chi connectivity index (χ3v) is 10.5. The first-order valence-electron chi connectivity index (χ1n) is 17.6. The highest BCUT2D eigenvalue weighted by Gasteiger charge is 2.38. The smallest absolute Gasteiger partial charge is 0.126 e. The van der Waals surface area contributed by atoms with Crippen molar-refractivity contribution in [3.63, 3.8) is 0 Å². The third-order valence-electron chi connectivity index (χ3n) is 10.5. The zero-order chi connectivity index (χ0) is 38.1. The van der Waals surface area contributed by atoms with Gasteiger partial charge in [-0.15, -0.1) is 6.61 Å². The summed E-state index contributed by atoms with van der Waals surface area (Å²) in [7, 11) is 9.63. The minimum Gasteiger partial charge on any atom is -0.851 e. The van der Waals surface area contributed by atoms with Gasteiger partial charge >= 0.3 is 0 Å². The minimum absolute atomic E-state index is 0.135. The van der Waals surface area contributed by atoms with Gasteiger partial charge in [-0.3, -0.25) is 0 Å². The van der Waals surface area contributed by atoms with Crippen molar-refractivity contribution in [1.82, 2.24) is 0 Å². The number of phenols is 2. The molecule has 9 nitrogen and oxygen atoms in total. The molecule has 0 heterocycles. The Morgan fingerprint density at radius 1 is 0.500 bits per heavy atom. The van der Waals surface area contributed by atoms with E-state index in [1.807, 2.05) is 30.3 Å². The Hall–Kier alpha value is -3.96. The molecule has 2 unspecified atom stereocenters. The van der Waals surface area contributed by atoms with Gasteiger partial charge in [0.05, 0.1) is 40.1 Å². The lowest BCUT2D eigenvalue weighted by Gasteiger charge is -2.38. The summed E-state index contributed by atoms with van der Waals surface area (Å²) in [6, 6.07) is 20.7. The maximum atomic E-state index is 12.7. The predicted molar refractivity (Wildman–Crippen MR) is 200 cm³/mol. The molecular weight excluding hydrogens is 660 g/mol. The van der Waals surface area contributed by atoms with Crippen LogP contribution in [0, 0.1) is 0 Å². The Morgan fingerprint density at radius 3 is 1.23 bits per heavy atom. The van der Waals surface area contributed by atoms with Crippen molar-refractivity contribution in [2.75, 3.05) is 42.7 Å². The number of hydrogen-bond acceptors (Lipinski definition) is 9. The normalized spacial score (nSPS) is 13.9. The van der Waals surface area contributed by atoms with E-state index < -0.39 is 17.4 Å². The Morgan fingerprint density at radius 2 is 0.865 bits per heavy atom. The second-order valence-corrected chi connectivity index (χ2v) is 13.4. The standard InChI is InChI=1S/C43H55O9/c1-10-42(3,36-17-29(23-47-4)39(45)30(18-36)24-48-5)34-12-14-35(15-13-34)43(11-2,37-16-28(22-44)41(52-9)33(21-37)27-51-8)38-19-31(25-49-6)40(46)32(20-38)26-50-7/h12-21,45-46H,10-11,22-27H2,1-9H3/q-1. The van der Waals surface area contributed by atoms with Crippen molar-refractivity contribution in [2.45, 2.75) is 84.1 Å². The molecule has 0 amide bonds. The van der Waals surface area contributed by atoms with Crippen LogP contribution in [0.15, 0.2) is 60.7 Å². The molecule has 0 aliphatic rings. The minimum atomic E-state index is -0.770. The summed E-state index contributed by atoms with van der Waals surface area (Å²) in [6.45, 7) is 7.25. The van der Waals surface area contributed by atoms with Gasteiger partial charge in [-0.2, -0.15) is 0 Å². The maximum absolute atomic E-state index is 12.7. The van der Waals surface area contributed by atoms with Crippen molar-refractivity contribution in [3.8, 4) is 17.2 Å². The Labute approximate surface area is 309 Å². The fourth-order valence-electron chi connectivity index (χ4n) is 7.59. The van der Waals surface area contributed by atoms with E-state index in [9.17, 15) is 15.3 Å². The molecule has 0 spiro atoms. The Bertz CT molecular complexity index is 1730. The quantitative estimate of drug-likeness (QED) is 0.0976. The SMILES string of the molecule is CCC(C)(c1ccc(C(CC)(c2cc(COC)c(O)c(COC)c2)c2cc(C[O-])c(OC)c(COC)c2)cc1)c1cc(COC)c(O)c(COC)c1. The van der Waals surface area contributed by atoms with Crippen molar-refractivity contribution in [1.29, 1.82) is 0 Å². The van der Waals surface area contributed by atoms with Crippen molar-refractivity contribution >= 4 is 0 Å². The molecule has 0 aliphatic carbocycles. The molecule has 0 radical (unpaired) electrons. The van der Waals surface area contributed by atoms with Gasteiger partial charge in [0.25, 0.3) is 0 Å². The van der Waals surface area contributed by atoms with Crippen LogP contribution in [0.5, 0.6) is 17.2 Å². The van der Waals surface area contributed by atoms with Crippen molar-refractivity contribution < 1.29 is 43.7 Å². The number of ether oxygens (including phenoxy) is 6. The first-order valence-corrected chi connectivity index (χ1v) is 17.6. The van der Waals surface area contributed by atoms with Crippen LogP contribution in [0.1, 0.15) is 94.8 Å². The number of methoxy groups -OCH3 is 6.